The minimum Gasteiger partial charge on any atom is -0.298 e. The summed E-state index contributed by atoms with van der Waals surface area (Å²) >= 11 is 4.97. The molecule has 0 aliphatic rings. The number of benzene rings is 1. The number of halogens is 1. The van der Waals surface area contributed by atoms with Gasteiger partial charge in [0.15, 0.2) is 0 Å². The van der Waals surface area contributed by atoms with Crippen molar-refractivity contribution in [3.63, 3.8) is 0 Å². The molecule has 0 saturated heterocycles. The second-order valence-corrected chi connectivity index (χ2v) is 4.66. The fourth-order valence-electron chi connectivity index (χ4n) is 0.804. The molecule has 0 saturated carbocycles. The third-order valence-electron chi connectivity index (χ3n) is 1.41. The van der Waals surface area contributed by atoms with Gasteiger partial charge in [-0.05, 0) is 16.6 Å². The average molecular weight is 257 g/mol. The minimum atomic E-state index is 0.710. The Hall–Kier alpha value is -0.540. The first-order chi connectivity index (χ1) is 6.22. The molecule has 0 N–H and O–H groups in total. The van der Waals surface area contributed by atoms with Crippen molar-refractivity contribution in [3.8, 4) is 0 Å². The molecule has 3 heteroatoms. The van der Waals surface area contributed by atoms with Gasteiger partial charge < -0.3 is 0 Å². The van der Waals surface area contributed by atoms with E-state index in [1.807, 2.05) is 24.3 Å². The highest BCUT2D eigenvalue weighted by Crippen LogP contribution is 2.21. The van der Waals surface area contributed by atoms with E-state index in [1.165, 1.54) is 0 Å². The van der Waals surface area contributed by atoms with Gasteiger partial charge in [0.05, 0.1) is 0 Å². The van der Waals surface area contributed by atoms with Crippen molar-refractivity contribution in [1.82, 2.24) is 0 Å². The van der Waals surface area contributed by atoms with Gasteiger partial charge in [-0.25, -0.2) is 0 Å². The van der Waals surface area contributed by atoms with E-state index in [0.29, 0.717) is 5.56 Å². The molecule has 0 spiro atoms. The number of carbonyl (C=O) groups is 1. The van der Waals surface area contributed by atoms with Crippen LogP contribution >= 0.6 is 27.7 Å². The van der Waals surface area contributed by atoms with Crippen LogP contribution in [0.5, 0.6) is 0 Å². The molecule has 0 radical (unpaired) electrons. The number of aldehydes is 1. The molecule has 0 atom stereocenters. The van der Waals surface area contributed by atoms with Gasteiger partial charge in [-0.2, -0.15) is 0 Å². The molecule has 0 aromatic heterocycles. The quantitative estimate of drug-likeness (QED) is 0.606. The third kappa shape index (κ3) is 3.79. The molecule has 1 aromatic rings. The average Bonchev–Trinajstić information content (AvgIpc) is 2.15. The summed E-state index contributed by atoms with van der Waals surface area (Å²) in [6.07, 6.45) is 0.845. The van der Waals surface area contributed by atoms with Gasteiger partial charge in [0, 0.05) is 16.2 Å². The van der Waals surface area contributed by atoms with E-state index in [0.717, 1.165) is 21.4 Å². The maximum atomic E-state index is 10.4. The van der Waals surface area contributed by atoms with E-state index in [4.69, 9.17) is 0 Å². The summed E-state index contributed by atoms with van der Waals surface area (Å²) in [4.78, 5) is 11.5. The van der Waals surface area contributed by atoms with Crippen LogP contribution in [0.4, 0.5) is 0 Å². The zero-order chi connectivity index (χ0) is 9.68. The number of hydrogen-bond acceptors (Lipinski definition) is 2. The Morgan fingerprint density at radius 3 is 2.54 bits per heavy atom. The fraction of sp³-hybridized carbons (Fsp3) is 0.100. The lowest BCUT2D eigenvalue weighted by Crippen LogP contribution is -1.80. The summed E-state index contributed by atoms with van der Waals surface area (Å²) in [5, 5.41) is 0. The van der Waals surface area contributed by atoms with Crippen LogP contribution in [0.2, 0.25) is 0 Å². The monoisotopic (exact) mass is 256 g/mol. The van der Waals surface area contributed by atoms with Crippen molar-refractivity contribution in [3.05, 3.63) is 40.9 Å². The van der Waals surface area contributed by atoms with E-state index in [2.05, 4.69) is 22.5 Å². The molecule has 13 heavy (non-hydrogen) atoms. The van der Waals surface area contributed by atoms with Gasteiger partial charge in [0.1, 0.15) is 6.29 Å². The van der Waals surface area contributed by atoms with Crippen LogP contribution in [0.25, 0.3) is 0 Å². The smallest absolute Gasteiger partial charge is 0.150 e. The SMILES string of the molecule is C=C(Br)CSc1ccc(C=O)cc1. The van der Waals surface area contributed by atoms with Crippen molar-refractivity contribution < 1.29 is 4.79 Å². The summed E-state index contributed by atoms with van der Waals surface area (Å²) in [6, 6.07) is 7.49. The molecular weight excluding hydrogens is 248 g/mol. The second kappa shape index (κ2) is 5.25. The molecule has 0 heterocycles. The van der Waals surface area contributed by atoms with E-state index >= 15 is 0 Å². The highest BCUT2D eigenvalue weighted by molar-refractivity contribution is 9.11. The van der Waals surface area contributed by atoms with Crippen molar-refractivity contribution >= 4 is 34.0 Å². The summed E-state index contributed by atoms with van der Waals surface area (Å²) in [5.74, 6) is 0.848. The van der Waals surface area contributed by atoms with Crippen LogP contribution in [-0.2, 0) is 0 Å². The molecule has 0 bridgehead atoms. The van der Waals surface area contributed by atoms with Crippen LogP contribution in [-0.4, -0.2) is 12.0 Å². The van der Waals surface area contributed by atoms with Crippen LogP contribution in [0.1, 0.15) is 10.4 Å². The Balaban J connectivity index is 2.59. The van der Waals surface area contributed by atoms with Crippen molar-refractivity contribution in [2.45, 2.75) is 4.90 Å². The second-order valence-electron chi connectivity index (χ2n) is 2.49. The van der Waals surface area contributed by atoms with Gasteiger partial charge in [-0.3, -0.25) is 4.79 Å². The first-order valence-electron chi connectivity index (χ1n) is 3.73. The number of rotatable bonds is 4. The number of thioether (sulfide) groups is 1. The first-order valence-corrected chi connectivity index (χ1v) is 5.51. The zero-order valence-electron chi connectivity index (χ0n) is 7.00. The molecule has 0 unspecified atom stereocenters. The molecule has 1 aromatic carbocycles. The van der Waals surface area contributed by atoms with Crippen molar-refractivity contribution in [2.24, 2.45) is 0 Å². The van der Waals surface area contributed by atoms with E-state index in [-0.39, 0.29) is 0 Å². The van der Waals surface area contributed by atoms with Gasteiger partial charge in [-0.1, -0.05) is 34.6 Å². The van der Waals surface area contributed by atoms with Gasteiger partial charge >= 0.3 is 0 Å². The summed E-state index contributed by atoms with van der Waals surface area (Å²) in [7, 11) is 0. The molecule has 0 fully saturated rings. The maximum absolute atomic E-state index is 10.4. The van der Waals surface area contributed by atoms with Gasteiger partial charge in [0.2, 0.25) is 0 Å². The number of carbonyl (C=O) groups excluding carboxylic acids is 1. The Bertz CT molecular complexity index is 305. The standard InChI is InChI=1S/C10H9BrOS/c1-8(11)7-13-10-4-2-9(6-12)3-5-10/h2-6H,1,7H2. The lowest BCUT2D eigenvalue weighted by molar-refractivity contribution is 0.112. The van der Waals surface area contributed by atoms with E-state index < -0.39 is 0 Å². The highest BCUT2D eigenvalue weighted by atomic mass is 79.9. The molecule has 0 aliphatic heterocycles. The fourth-order valence-corrected chi connectivity index (χ4v) is 1.80. The zero-order valence-corrected chi connectivity index (χ0v) is 9.40. The molecule has 68 valence electrons. The molecule has 1 nitrogen and oxygen atoms in total. The Morgan fingerprint density at radius 2 is 2.08 bits per heavy atom. The van der Waals surface area contributed by atoms with Crippen LogP contribution < -0.4 is 0 Å². The molecule has 1 rings (SSSR count). The normalized spacial score (nSPS) is 9.62. The largest absolute Gasteiger partial charge is 0.298 e. The van der Waals surface area contributed by atoms with Crippen molar-refractivity contribution in [2.75, 3.05) is 5.75 Å². The topological polar surface area (TPSA) is 17.1 Å². The van der Waals surface area contributed by atoms with E-state index in [1.54, 1.807) is 11.8 Å². The molecule has 0 amide bonds. The lowest BCUT2D eigenvalue weighted by atomic mass is 10.2. The lowest BCUT2D eigenvalue weighted by Gasteiger charge is -1.99. The predicted molar refractivity (Wildman–Crippen MR) is 60.6 cm³/mol. The van der Waals surface area contributed by atoms with Gasteiger partial charge in [-0.15, -0.1) is 11.8 Å². The van der Waals surface area contributed by atoms with Crippen molar-refractivity contribution in [1.29, 1.82) is 0 Å². The van der Waals surface area contributed by atoms with Crippen LogP contribution in [0.3, 0.4) is 0 Å². The summed E-state index contributed by atoms with van der Waals surface area (Å²) in [6.45, 7) is 3.74. The highest BCUT2D eigenvalue weighted by Gasteiger charge is 1.95. The molecule has 0 aliphatic carbocycles. The summed E-state index contributed by atoms with van der Waals surface area (Å²) in [5.41, 5.74) is 0.710. The Morgan fingerprint density at radius 1 is 1.46 bits per heavy atom. The van der Waals surface area contributed by atoms with Gasteiger partial charge in [0.25, 0.3) is 0 Å². The predicted octanol–water partition coefficient (Wildman–Crippen LogP) is 3.50. The first kappa shape index (κ1) is 10.5. The van der Waals surface area contributed by atoms with Crippen LogP contribution in [0.15, 0.2) is 40.2 Å². The number of hydrogen-bond donors (Lipinski definition) is 0. The molecular formula is C10H9BrOS. The minimum absolute atomic E-state index is 0.710. The van der Waals surface area contributed by atoms with Crippen LogP contribution in [0, 0.1) is 0 Å². The van der Waals surface area contributed by atoms with E-state index in [9.17, 15) is 4.79 Å². The Labute approximate surface area is 90.4 Å². The maximum Gasteiger partial charge on any atom is 0.150 e. The summed E-state index contributed by atoms with van der Waals surface area (Å²) < 4.78 is 0.969. The third-order valence-corrected chi connectivity index (χ3v) is 3.16. The Kier molecular flexibility index (Phi) is 4.25.